The Morgan fingerprint density at radius 2 is 2.13 bits per heavy atom. The molecular formula is C11H15NO3. The molecule has 15 heavy (non-hydrogen) atoms. The van der Waals surface area contributed by atoms with Crippen LogP contribution in [0.5, 0.6) is 5.75 Å². The van der Waals surface area contributed by atoms with E-state index in [1.165, 1.54) is 6.20 Å². The van der Waals surface area contributed by atoms with E-state index >= 15 is 0 Å². The van der Waals surface area contributed by atoms with Crippen LogP contribution in [0.1, 0.15) is 19.5 Å². The van der Waals surface area contributed by atoms with E-state index in [0.717, 1.165) is 5.69 Å². The van der Waals surface area contributed by atoms with Gasteiger partial charge in [-0.15, -0.1) is 0 Å². The maximum absolute atomic E-state index is 10.9. The summed E-state index contributed by atoms with van der Waals surface area (Å²) < 4.78 is 5.33. The van der Waals surface area contributed by atoms with Crippen LogP contribution in [-0.4, -0.2) is 22.2 Å². The molecule has 1 N–H and O–H groups in total. The lowest BCUT2D eigenvalue weighted by Gasteiger charge is -2.17. The number of hydrogen-bond acceptors (Lipinski definition) is 3. The second kappa shape index (κ2) is 4.77. The Kier molecular flexibility index (Phi) is 3.66. The lowest BCUT2D eigenvalue weighted by molar-refractivity contribution is -0.147. The van der Waals surface area contributed by atoms with Gasteiger partial charge in [0.1, 0.15) is 5.75 Å². The second-order valence-corrected chi connectivity index (χ2v) is 3.76. The zero-order chi connectivity index (χ0) is 11.4. The quantitative estimate of drug-likeness (QED) is 0.822. The predicted octanol–water partition coefficient (Wildman–Crippen LogP) is 1.88. The number of carboxylic acid groups (broad SMARTS) is 1. The van der Waals surface area contributed by atoms with Crippen molar-refractivity contribution in [1.29, 1.82) is 0 Å². The number of carbonyl (C=O) groups is 1. The van der Waals surface area contributed by atoms with Gasteiger partial charge in [0.25, 0.3) is 0 Å². The van der Waals surface area contributed by atoms with Gasteiger partial charge >= 0.3 is 5.97 Å². The lowest BCUT2D eigenvalue weighted by Crippen LogP contribution is -2.32. The fourth-order valence-electron chi connectivity index (χ4n) is 1.14. The van der Waals surface area contributed by atoms with Gasteiger partial charge in [-0.3, -0.25) is 4.98 Å². The minimum atomic E-state index is -0.953. The van der Waals surface area contributed by atoms with Gasteiger partial charge in [0, 0.05) is 11.6 Å². The van der Waals surface area contributed by atoms with E-state index in [1.54, 1.807) is 26.0 Å². The summed E-state index contributed by atoms with van der Waals surface area (Å²) in [4.78, 5) is 14.9. The number of hydrogen-bond donors (Lipinski definition) is 1. The van der Waals surface area contributed by atoms with Crippen LogP contribution in [0.2, 0.25) is 0 Å². The fraction of sp³-hybridized carbons (Fsp3) is 0.455. The molecule has 0 aromatic carbocycles. The molecule has 0 bridgehead atoms. The number of rotatable bonds is 4. The summed E-state index contributed by atoms with van der Waals surface area (Å²) in [7, 11) is 0. The highest BCUT2D eigenvalue weighted by Crippen LogP contribution is 2.15. The highest BCUT2D eigenvalue weighted by atomic mass is 16.5. The third kappa shape index (κ3) is 3.23. The summed E-state index contributed by atoms with van der Waals surface area (Å²) in [5, 5.41) is 8.91. The molecule has 1 heterocycles. The first-order valence-electron chi connectivity index (χ1n) is 4.83. The molecule has 0 saturated carbocycles. The molecule has 0 radical (unpaired) electrons. The molecule has 0 amide bonds. The first-order chi connectivity index (χ1) is 7.00. The number of aromatic nitrogens is 1. The highest BCUT2D eigenvalue weighted by molar-refractivity contribution is 5.73. The van der Waals surface area contributed by atoms with Crippen molar-refractivity contribution in [3.05, 3.63) is 24.0 Å². The monoisotopic (exact) mass is 209 g/mol. The van der Waals surface area contributed by atoms with Crippen LogP contribution in [0.4, 0.5) is 0 Å². The number of ether oxygens (including phenoxy) is 1. The van der Waals surface area contributed by atoms with Crippen LogP contribution >= 0.6 is 0 Å². The zero-order valence-electron chi connectivity index (χ0n) is 9.10. The predicted molar refractivity (Wildman–Crippen MR) is 55.9 cm³/mol. The van der Waals surface area contributed by atoms with Gasteiger partial charge in [-0.2, -0.15) is 0 Å². The van der Waals surface area contributed by atoms with Crippen LogP contribution < -0.4 is 4.74 Å². The van der Waals surface area contributed by atoms with Crippen LogP contribution in [0.3, 0.4) is 0 Å². The number of aryl methyl sites for hydroxylation is 1. The number of aliphatic carboxylic acids is 1. The summed E-state index contributed by atoms with van der Waals surface area (Å²) >= 11 is 0. The molecule has 1 atom stereocenters. The lowest BCUT2D eigenvalue weighted by atomic mass is 10.1. The van der Waals surface area contributed by atoms with E-state index in [9.17, 15) is 4.79 Å². The van der Waals surface area contributed by atoms with Gasteiger partial charge in [-0.05, 0) is 19.1 Å². The maximum atomic E-state index is 10.9. The molecule has 4 nitrogen and oxygen atoms in total. The van der Waals surface area contributed by atoms with Crippen molar-refractivity contribution >= 4 is 5.97 Å². The van der Waals surface area contributed by atoms with E-state index in [4.69, 9.17) is 9.84 Å². The minimum Gasteiger partial charge on any atom is -0.478 e. The first kappa shape index (κ1) is 11.5. The molecule has 0 aliphatic heterocycles. The summed E-state index contributed by atoms with van der Waals surface area (Å²) in [6.07, 6.45) is 0.711. The summed E-state index contributed by atoms with van der Waals surface area (Å²) in [5.41, 5.74) is 0.874. The topological polar surface area (TPSA) is 59.4 Å². The Labute approximate surface area is 88.9 Å². The summed E-state index contributed by atoms with van der Waals surface area (Å²) in [5.74, 6) is -0.545. The molecule has 82 valence electrons. The van der Waals surface area contributed by atoms with Gasteiger partial charge in [0.15, 0.2) is 6.10 Å². The molecule has 4 heteroatoms. The molecule has 1 aromatic heterocycles. The largest absolute Gasteiger partial charge is 0.478 e. The second-order valence-electron chi connectivity index (χ2n) is 3.76. The van der Waals surface area contributed by atoms with E-state index in [2.05, 4.69) is 4.98 Å². The van der Waals surface area contributed by atoms with Gasteiger partial charge < -0.3 is 9.84 Å². The SMILES string of the molecule is Cc1ccc(OC(C(=O)O)C(C)C)cn1. The molecule has 1 rings (SSSR count). The average Bonchev–Trinajstić information content (AvgIpc) is 2.15. The Hall–Kier alpha value is -1.58. The van der Waals surface area contributed by atoms with Crippen molar-refractivity contribution in [2.24, 2.45) is 5.92 Å². The van der Waals surface area contributed by atoms with Crippen LogP contribution in [-0.2, 0) is 4.79 Å². The Bertz CT molecular complexity index is 332. The summed E-state index contributed by atoms with van der Waals surface area (Å²) in [6, 6.07) is 3.51. The maximum Gasteiger partial charge on any atom is 0.345 e. The molecule has 0 saturated heterocycles. The minimum absolute atomic E-state index is 0.0798. The van der Waals surface area contributed by atoms with Gasteiger partial charge in [0.05, 0.1) is 6.20 Å². The normalized spacial score (nSPS) is 12.5. The molecule has 0 aliphatic rings. The number of nitrogens with zero attached hydrogens (tertiary/aromatic N) is 1. The third-order valence-electron chi connectivity index (χ3n) is 2.00. The van der Waals surface area contributed by atoms with Crippen LogP contribution in [0.15, 0.2) is 18.3 Å². The fourth-order valence-corrected chi connectivity index (χ4v) is 1.14. The van der Waals surface area contributed by atoms with Gasteiger partial charge in [-0.1, -0.05) is 13.8 Å². The average molecular weight is 209 g/mol. The van der Waals surface area contributed by atoms with E-state index in [1.807, 2.05) is 6.92 Å². The molecule has 0 fully saturated rings. The Morgan fingerprint density at radius 3 is 2.53 bits per heavy atom. The van der Waals surface area contributed by atoms with E-state index in [-0.39, 0.29) is 5.92 Å². The molecule has 1 unspecified atom stereocenters. The molecule has 1 aromatic rings. The molecule has 0 spiro atoms. The first-order valence-corrected chi connectivity index (χ1v) is 4.83. The Morgan fingerprint density at radius 1 is 1.47 bits per heavy atom. The van der Waals surface area contributed by atoms with Crippen LogP contribution in [0.25, 0.3) is 0 Å². The van der Waals surface area contributed by atoms with Crippen molar-refractivity contribution in [3.8, 4) is 5.75 Å². The number of carboxylic acids is 1. The van der Waals surface area contributed by atoms with Crippen molar-refractivity contribution < 1.29 is 14.6 Å². The van der Waals surface area contributed by atoms with Crippen molar-refractivity contribution in [2.45, 2.75) is 26.9 Å². The third-order valence-corrected chi connectivity index (χ3v) is 2.00. The summed E-state index contributed by atoms with van der Waals surface area (Å²) in [6.45, 7) is 5.47. The van der Waals surface area contributed by atoms with E-state index < -0.39 is 12.1 Å². The smallest absolute Gasteiger partial charge is 0.345 e. The molecular weight excluding hydrogens is 194 g/mol. The Balaban J connectivity index is 2.74. The van der Waals surface area contributed by atoms with E-state index in [0.29, 0.717) is 5.75 Å². The highest BCUT2D eigenvalue weighted by Gasteiger charge is 2.23. The van der Waals surface area contributed by atoms with Crippen molar-refractivity contribution in [2.75, 3.05) is 0 Å². The number of pyridine rings is 1. The van der Waals surface area contributed by atoms with Crippen LogP contribution in [0, 0.1) is 12.8 Å². The molecule has 0 aliphatic carbocycles. The zero-order valence-corrected chi connectivity index (χ0v) is 9.10. The van der Waals surface area contributed by atoms with Crippen molar-refractivity contribution in [1.82, 2.24) is 4.98 Å². The van der Waals surface area contributed by atoms with Gasteiger partial charge in [-0.25, -0.2) is 4.79 Å². The van der Waals surface area contributed by atoms with Gasteiger partial charge in [0.2, 0.25) is 0 Å². The van der Waals surface area contributed by atoms with Crippen molar-refractivity contribution in [3.63, 3.8) is 0 Å². The standard InChI is InChI=1S/C11H15NO3/c1-7(2)10(11(13)14)15-9-5-4-8(3)12-6-9/h4-7,10H,1-3H3,(H,13,14).